The van der Waals surface area contributed by atoms with Crippen LogP contribution in [0.15, 0.2) is 17.3 Å². The number of halogens is 1. The molecule has 168 valence electrons. The molecule has 0 unspecified atom stereocenters. The maximum absolute atomic E-state index is 12.3. The van der Waals surface area contributed by atoms with E-state index in [1.54, 1.807) is 11.8 Å². The van der Waals surface area contributed by atoms with E-state index in [1.807, 2.05) is 44.9 Å². The number of carbonyl (C=O) groups is 1. The SMILES string of the molecule is Cc1nnc(Cl)c2cc(SCC3(CN4CCN(C(=O)OC(C)(C)C)CC4)CC3)ncc12. The van der Waals surface area contributed by atoms with Crippen molar-refractivity contribution in [3.8, 4) is 0 Å². The van der Waals surface area contributed by atoms with Crippen LogP contribution in [0.3, 0.4) is 0 Å². The highest BCUT2D eigenvalue weighted by atomic mass is 35.5. The van der Waals surface area contributed by atoms with Crippen molar-refractivity contribution in [3.05, 3.63) is 23.1 Å². The van der Waals surface area contributed by atoms with E-state index in [0.717, 1.165) is 60.0 Å². The van der Waals surface area contributed by atoms with Gasteiger partial charge in [0.25, 0.3) is 0 Å². The predicted octanol–water partition coefficient (Wildman–Crippen LogP) is 4.41. The van der Waals surface area contributed by atoms with Crippen LogP contribution in [0, 0.1) is 12.3 Å². The maximum Gasteiger partial charge on any atom is 0.410 e. The Balaban J connectivity index is 1.30. The summed E-state index contributed by atoms with van der Waals surface area (Å²) in [5.74, 6) is 1.03. The van der Waals surface area contributed by atoms with Crippen LogP contribution >= 0.6 is 23.4 Å². The molecule has 0 N–H and O–H groups in total. The van der Waals surface area contributed by atoms with Gasteiger partial charge in [0.05, 0.1) is 10.7 Å². The number of nitrogens with zero attached hydrogens (tertiary/aromatic N) is 5. The summed E-state index contributed by atoms with van der Waals surface area (Å²) in [5, 5.41) is 11.3. The maximum atomic E-state index is 12.3. The molecule has 0 radical (unpaired) electrons. The average Bonchev–Trinajstić information content (AvgIpc) is 3.48. The van der Waals surface area contributed by atoms with Gasteiger partial charge in [-0.2, -0.15) is 5.10 Å². The van der Waals surface area contributed by atoms with E-state index in [4.69, 9.17) is 16.3 Å². The third-order valence-corrected chi connectivity index (χ3v) is 7.40. The van der Waals surface area contributed by atoms with E-state index >= 15 is 0 Å². The molecule has 4 rings (SSSR count). The fourth-order valence-corrected chi connectivity index (χ4v) is 5.20. The topological polar surface area (TPSA) is 71.5 Å². The minimum absolute atomic E-state index is 0.204. The molecular formula is C22H30ClN5O2S. The molecule has 0 aromatic carbocycles. The highest BCUT2D eigenvalue weighted by Crippen LogP contribution is 2.49. The van der Waals surface area contributed by atoms with Gasteiger partial charge in [-0.25, -0.2) is 9.78 Å². The molecule has 2 fully saturated rings. The van der Waals surface area contributed by atoms with Gasteiger partial charge in [0, 0.05) is 55.4 Å². The van der Waals surface area contributed by atoms with Gasteiger partial charge in [-0.05, 0) is 52.0 Å². The van der Waals surface area contributed by atoms with Crippen molar-refractivity contribution in [2.45, 2.75) is 51.2 Å². The average molecular weight is 464 g/mol. The zero-order valence-electron chi connectivity index (χ0n) is 18.7. The molecular weight excluding hydrogens is 434 g/mol. The largest absolute Gasteiger partial charge is 0.444 e. The number of hydrogen-bond donors (Lipinski definition) is 0. The summed E-state index contributed by atoms with van der Waals surface area (Å²) in [5.41, 5.74) is 0.731. The lowest BCUT2D eigenvalue weighted by atomic mass is 10.1. The standard InChI is InChI=1S/C22H30ClN5O2S/c1-15-17-12-24-18(11-16(17)19(23)26-25-15)31-14-22(5-6-22)13-27-7-9-28(10-8-27)20(29)30-21(2,3)4/h11-12H,5-10,13-14H2,1-4H3. The molecule has 0 spiro atoms. The van der Waals surface area contributed by atoms with Crippen molar-refractivity contribution in [2.75, 3.05) is 38.5 Å². The zero-order valence-corrected chi connectivity index (χ0v) is 20.2. The van der Waals surface area contributed by atoms with Crippen LogP contribution in [0.4, 0.5) is 4.79 Å². The van der Waals surface area contributed by atoms with Crippen molar-refractivity contribution in [2.24, 2.45) is 5.41 Å². The molecule has 1 aliphatic carbocycles. The second kappa shape index (κ2) is 8.71. The molecule has 1 saturated heterocycles. The molecule has 31 heavy (non-hydrogen) atoms. The molecule has 1 saturated carbocycles. The van der Waals surface area contributed by atoms with Crippen LogP contribution < -0.4 is 0 Å². The lowest BCUT2D eigenvalue weighted by Crippen LogP contribution is -2.51. The number of piperazine rings is 1. The quantitative estimate of drug-likeness (QED) is 0.608. The van der Waals surface area contributed by atoms with Gasteiger partial charge in [0.1, 0.15) is 5.60 Å². The summed E-state index contributed by atoms with van der Waals surface area (Å²) in [6.07, 6.45) is 4.13. The minimum atomic E-state index is -0.449. The van der Waals surface area contributed by atoms with Gasteiger partial charge < -0.3 is 9.64 Å². The molecule has 9 heteroatoms. The van der Waals surface area contributed by atoms with E-state index < -0.39 is 5.60 Å². The monoisotopic (exact) mass is 463 g/mol. The second-order valence-corrected chi connectivity index (χ2v) is 11.0. The van der Waals surface area contributed by atoms with Crippen LogP contribution in [0.2, 0.25) is 5.15 Å². The molecule has 3 heterocycles. The number of fused-ring (bicyclic) bond motifs is 1. The molecule has 1 aliphatic heterocycles. The summed E-state index contributed by atoms with van der Waals surface area (Å²) >= 11 is 8.04. The number of amides is 1. The number of rotatable bonds is 5. The number of aryl methyl sites for hydroxylation is 1. The van der Waals surface area contributed by atoms with Crippen LogP contribution in [0.1, 0.15) is 39.3 Å². The van der Waals surface area contributed by atoms with E-state index in [1.165, 1.54) is 12.8 Å². The van der Waals surface area contributed by atoms with Crippen LogP contribution in [0.25, 0.3) is 10.8 Å². The first-order valence-corrected chi connectivity index (χ1v) is 12.1. The Bertz CT molecular complexity index is 968. The summed E-state index contributed by atoms with van der Waals surface area (Å²) in [6.45, 7) is 11.9. The molecule has 2 aromatic heterocycles. The Kier molecular flexibility index (Phi) is 6.34. The summed E-state index contributed by atoms with van der Waals surface area (Å²) < 4.78 is 5.50. The highest BCUT2D eigenvalue weighted by molar-refractivity contribution is 7.99. The van der Waals surface area contributed by atoms with Crippen molar-refractivity contribution in [3.63, 3.8) is 0 Å². The van der Waals surface area contributed by atoms with E-state index in [0.29, 0.717) is 10.6 Å². The fraction of sp³-hybridized carbons (Fsp3) is 0.636. The van der Waals surface area contributed by atoms with Crippen LogP contribution in [-0.4, -0.2) is 75.2 Å². The van der Waals surface area contributed by atoms with Gasteiger partial charge in [-0.3, -0.25) is 4.90 Å². The van der Waals surface area contributed by atoms with Crippen molar-refractivity contribution >= 4 is 40.2 Å². The van der Waals surface area contributed by atoms with Gasteiger partial charge in [0.2, 0.25) is 0 Å². The molecule has 2 aliphatic rings. The summed E-state index contributed by atoms with van der Waals surface area (Å²) in [7, 11) is 0. The van der Waals surface area contributed by atoms with Gasteiger partial charge in [-0.1, -0.05) is 11.6 Å². The Morgan fingerprint density at radius 2 is 1.90 bits per heavy atom. The lowest BCUT2D eigenvalue weighted by molar-refractivity contribution is 0.0132. The Morgan fingerprint density at radius 3 is 2.55 bits per heavy atom. The molecule has 0 atom stereocenters. The fourth-order valence-electron chi connectivity index (χ4n) is 3.84. The number of ether oxygens (including phenoxy) is 1. The first-order valence-electron chi connectivity index (χ1n) is 10.8. The Morgan fingerprint density at radius 1 is 1.19 bits per heavy atom. The van der Waals surface area contributed by atoms with Crippen LogP contribution in [-0.2, 0) is 4.74 Å². The smallest absolute Gasteiger partial charge is 0.410 e. The normalized spacial score (nSPS) is 18.9. The zero-order chi connectivity index (χ0) is 22.2. The van der Waals surface area contributed by atoms with Gasteiger partial charge in [-0.15, -0.1) is 16.9 Å². The summed E-state index contributed by atoms with van der Waals surface area (Å²) in [6, 6.07) is 2.03. The Hall–Kier alpha value is -1.64. The minimum Gasteiger partial charge on any atom is -0.444 e. The number of carbonyl (C=O) groups excluding carboxylic acids is 1. The third kappa shape index (κ3) is 5.59. The highest BCUT2D eigenvalue weighted by Gasteiger charge is 2.44. The first kappa shape index (κ1) is 22.6. The molecule has 7 nitrogen and oxygen atoms in total. The van der Waals surface area contributed by atoms with E-state index in [9.17, 15) is 4.79 Å². The van der Waals surface area contributed by atoms with Crippen molar-refractivity contribution < 1.29 is 9.53 Å². The second-order valence-electron chi connectivity index (χ2n) is 9.68. The van der Waals surface area contributed by atoms with Crippen molar-refractivity contribution in [1.82, 2.24) is 25.0 Å². The van der Waals surface area contributed by atoms with E-state index in [2.05, 4.69) is 20.1 Å². The Labute approximate surface area is 192 Å². The number of pyridine rings is 1. The molecule has 2 aromatic rings. The number of aromatic nitrogens is 3. The summed E-state index contributed by atoms with van der Waals surface area (Å²) in [4.78, 5) is 21.2. The van der Waals surface area contributed by atoms with E-state index in [-0.39, 0.29) is 6.09 Å². The van der Waals surface area contributed by atoms with Gasteiger partial charge >= 0.3 is 6.09 Å². The number of thioether (sulfide) groups is 1. The number of hydrogen-bond acceptors (Lipinski definition) is 7. The van der Waals surface area contributed by atoms with Crippen LogP contribution in [0.5, 0.6) is 0 Å². The lowest BCUT2D eigenvalue weighted by Gasteiger charge is -2.37. The predicted molar refractivity (Wildman–Crippen MR) is 124 cm³/mol. The van der Waals surface area contributed by atoms with Gasteiger partial charge in [0.15, 0.2) is 5.15 Å². The van der Waals surface area contributed by atoms with Crippen molar-refractivity contribution in [1.29, 1.82) is 0 Å². The first-order chi connectivity index (χ1) is 14.6. The third-order valence-electron chi connectivity index (χ3n) is 5.85. The molecule has 1 amide bonds. The molecule has 0 bridgehead atoms.